The van der Waals surface area contributed by atoms with Crippen LogP contribution in [-0.4, -0.2) is 33.4 Å². The number of rotatable bonds is 6. The van der Waals surface area contributed by atoms with E-state index >= 15 is 0 Å². The molecule has 0 aromatic carbocycles. The second-order valence-corrected chi connectivity index (χ2v) is 6.08. The predicted molar refractivity (Wildman–Crippen MR) is 79.7 cm³/mol. The number of hydrogen-bond acceptors (Lipinski definition) is 4. The van der Waals surface area contributed by atoms with Crippen LogP contribution in [0.5, 0.6) is 0 Å². The maximum Gasteiger partial charge on any atom is 0.249 e. The number of carbonyl (C=O) groups excluding carboxylic acids is 1. The molecule has 6 nitrogen and oxygen atoms in total. The second kappa shape index (κ2) is 7.54. The highest BCUT2D eigenvalue weighted by molar-refractivity contribution is 5.80. The number of amides is 1. The Hall–Kier alpha value is -1.43. The molecular weight excluding hydrogens is 268 g/mol. The zero-order valence-corrected chi connectivity index (χ0v) is 13.3. The predicted octanol–water partition coefficient (Wildman–Crippen LogP) is 1.68. The number of nitrogens with zero attached hydrogens (tertiary/aromatic N) is 3. The lowest BCUT2D eigenvalue weighted by Gasteiger charge is -2.15. The van der Waals surface area contributed by atoms with Crippen molar-refractivity contribution < 1.29 is 9.53 Å². The number of hydrogen-bond donors (Lipinski definition) is 1. The van der Waals surface area contributed by atoms with Crippen molar-refractivity contribution in [3.05, 3.63) is 11.6 Å². The maximum absolute atomic E-state index is 12.0. The van der Waals surface area contributed by atoms with Gasteiger partial charge in [-0.25, -0.2) is 0 Å². The van der Waals surface area contributed by atoms with Gasteiger partial charge in [-0.2, -0.15) is 0 Å². The molecule has 2 rings (SSSR count). The lowest BCUT2D eigenvalue weighted by molar-refractivity contribution is -0.132. The van der Waals surface area contributed by atoms with Gasteiger partial charge in [0.05, 0.1) is 6.54 Å². The molecule has 2 heterocycles. The quantitative estimate of drug-likeness (QED) is 0.866. The minimum absolute atomic E-state index is 0.0957. The van der Waals surface area contributed by atoms with E-state index in [0.29, 0.717) is 19.1 Å². The van der Waals surface area contributed by atoms with Crippen molar-refractivity contribution in [3.63, 3.8) is 0 Å². The Morgan fingerprint density at radius 1 is 1.29 bits per heavy atom. The summed E-state index contributed by atoms with van der Waals surface area (Å²) in [5.74, 6) is 2.21. The van der Waals surface area contributed by atoms with Gasteiger partial charge in [-0.3, -0.25) is 4.79 Å². The van der Waals surface area contributed by atoms with E-state index in [1.807, 2.05) is 0 Å². The molecule has 1 amide bonds. The number of fused-ring (bicyclic) bond motifs is 1. The molecule has 0 aliphatic carbocycles. The summed E-state index contributed by atoms with van der Waals surface area (Å²) in [7, 11) is 0. The van der Waals surface area contributed by atoms with E-state index in [0.717, 1.165) is 31.0 Å². The lowest BCUT2D eigenvalue weighted by Crippen LogP contribution is -2.35. The first-order valence-electron chi connectivity index (χ1n) is 7.88. The zero-order chi connectivity index (χ0) is 15.2. The molecule has 0 bridgehead atoms. The smallest absolute Gasteiger partial charge is 0.249 e. The Labute approximate surface area is 126 Å². The standard InChI is InChI=1S/C15H26N4O2/c1-11(2)10-21-12(3)15(20)16-9-14-18-17-13-7-5-4-6-8-19(13)14/h11-12H,4-10H2,1-3H3,(H,16,20)/t12-/m0/s1. The van der Waals surface area contributed by atoms with Crippen molar-refractivity contribution in [1.29, 1.82) is 0 Å². The Morgan fingerprint density at radius 3 is 2.86 bits per heavy atom. The average molecular weight is 294 g/mol. The van der Waals surface area contributed by atoms with Gasteiger partial charge in [0.1, 0.15) is 11.9 Å². The zero-order valence-electron chi connectivity index (χ0n) is 13.3. The molecule has 1 aliphatic rings. The van der Waals surface area contributed by atoms with Crippen molar-refractivity contribution in [1.82, 2.24) is 20.1 Å². The number of carbonyl (C=O) groups is 1. The van der Waals surface area contributed by atoms with Crippen molar-refractivity contribution in [2.24, 2.45) is 5.92 Å². The van der Waals surface area contributed by atoms with Crippen molar-refractivity contribution >= 4 is 5.91 Å². The van der Waals surface area contributed by atoms with E-state index < -0.39 is 6.10 Å². The average Bonchev–Trinajstić information content (AvgIpc) is 2.69. The van der Waals surface area contributed by atoms with Gasteiger partial charge in [-0.15, -0.1) is 10.2 Å². The van der Waals surface area contributed by atoms with Crippen LogP contribution in [0.15, 0.2) is 0 Å². The summed E-state index contributed by atoms with van der Waals surface area (Å²) in [6.07, 6.45) is 4.10. The van der Waals surface area contributed by atoms with Gasteiger partial charge in [0.25, 0.3) is 0 Å². The fourth-order valence-electron chi connectivity index (χ4n) is 2.40. The minimum atomic E-state index is -0.432. The third-order valence-corrected chi connectivity index (χ3v) is 3.66. The van der Waals surface area contributed by atoms with Crippen molar-refractivity contribution in [2.75, 3.05) is 6.61 Å². The first kappa shape index (κ1) is 15.9. The van der Waals surface area contributed by atoms with E-state index in [1.165, 1.54) is 12.8 Å². The topological polar surface area (TPSA) is 69.0 Å². The Kier molecular flexibility index (Phi) is 5.73. The Morgan fingerprint density at radius 2 is 2.10 bits per heavy atom. The molecule has 0 unspecified atom stereocenters. The third kappa shape index (κ3) is 4.52. The van der Waals surface area contributed by atoms with Crippen LogP contribution in [0.25, 0.3) is 0 Å². The van der Waals surface area contributed by atoms with Crippen LogP contribution in [0.1, 0.15) is 51.7 Å². The van der Waals surface area contributed by atoms with Crippen LogP contribution >= 0.6 is 0 Å². The molecule has 0 saturated heterocycles. The van der Waals surface area contributed by atoms with Crippen LogP contribution in [-0.2, 0) is 29.0 Å². The third-order valence-electron chi connectivity index (χ3n) is 3.66. The summed E-state index contributed by atoms with van der Waals surface area (Å²) in [5.41, 5.74) is 0. The SMILES string of the molecule is CC(C)CO[C@@H](C)C(=O)NCc1nnc2n1CCCCC2. The van der Waals surface area contributed by atoms with Crippen LogP contribution < -0.4 is 5.32 Å². The normalized spacial score (nSPS) is 16.4. The molecule has 1 atom stereocenters. The summed E-state index contributed by atoms with van der Waals surface area (Å²) in [6.45, 7) is 7.87. The minimum Gasteiger partial charge on any atom is -0.368 e. The lowest BCUT2D eigenvalue weighted by atomic mass is 10.2. The molecule has 0 spiro atoms. The van der Waals surface area contributed by atoms with Gasteiger partial charge < -0.3 is 14.6 Å². The van der Waals surface area contributed by atoms with Gasteiger partial charge in [-0.1, -0.05) is 20.3 Å². The van der Waals surface area contributed by atoms with Crippen LogP contribution in [0.2, 0.25) is 0 Å². The van der Waals surface area contributed by atoms with Crippen LogP contribution in [0.3, 0.4) is 0 Å². The molecule has 6 heteroatoms. The largest absolute Gasteiger partial charge is 0.368 e. The fraction of sp³-hybridized carbons (Fsp3) is 0.800. The first-order chi connectivity index (χ1) is 10.1. The van der Waals surface area contributed by atoms with Gasteiger partial charge in [0, 0.05) is 19.6 Å². The van der Waals surface area contributed by atoms with Crippen molar-refractivity contribution in [3.8, 4) is 0 Å². The first-order valence-corrected chi connectivity index (χ1v) is 7.88. The van der Waals surface area contributed by atoms with E-state index in [4.69, 9.17) is 4.74 Å². The Bertz CT molecular complexity index is 470. The van der Waals surface area contributed by atoms with Crippen LogP contribution in [0, 0.1) is 5.92 Å². The van der Waals surface area contributed by atoms with Gasteiger partial charge >= 0.3 is 0 Å². The van der Waals surface area contributed by atoms with E-state index in [1.54, 1.807) is 6.92 Å². The molecule has 1 aliphatic heterocycles. The summed E-state index contributed by atoms with van der Waals surface area (Å²) in [4.78, 5) is 12.0. The fourth-order valence-corrected chi connectivity index (χ4v) is 2.40. The van der Waals surface area contributed by atoms with Gasteiger partial charge in [0.2, 0.25) is 5.91 Å². The number of ether oxygens (including phenoxy) is 1. The molecule has 0 fully saturated rings. The van der Waals surface area contributed by atoms with E-state index in [-0.39, 0.29) is 5.91 Å². The number of aryl methyl sites for hydroxylation is 1. The van der Waals surface area contributed by atoms with E-state index in [9.17, 15) is 4.79 Å². The summed E-state index contributed by atoms with van der Waals surface area (Å²) >= 11 is 0. The van der Waals surface area contributed by atoms with Gasteiger partial charge in [-0.05, 0) is 25.7 Å². The van der Waals surface area contributed by atoms with Crippen LogP contribution in [0.4, 0.5) is 0 Å². The van der Waals surface area contributed by atoms with E-state index in [2.05, 4.69) is 33.9 Å². The molecule has 118 valence electrons. The van der Waals surface area contributed by atoms with Gasteiger partial charge in [0.15, 0.2) is 5.82 Å². The maximum atomic E-state index is 12.0. The monoisotopic (exact) mass is 294 g/mol. The van der Waals surface area contributed by atoms with Crippen molar-refractivity contribution in [2.45, 2.75) is 65.6 Å². The summed E-state index contributed by atoms with van der Waals surface area (Å²) in [6, 6.07) is 0. The summed E-state index contributed by atoms with van der Waals surface area (Å²) < 4.78 is 7.66. The number of aromatic nitrogens is 3. The highest BCUT2D eigenvalue weighted by Crippen LogP contribution is 2.14. The highest BCUT2D eigenvalue weighted by Gasteiger charge is 2.17. The molecule has 1 aromatic heterocycles. The highest BCUT2D eigenvalue weighted by atomic mass is 16.5. The number of nitrogens with one attached hydrogen (secondary N) is 1. The Balaban J connectivity index is 1.85. The summed E-state index contributed by atoms with van der Waals surface area (Å²) in [5, 5.41) is 11.3. The molecule has 1 aromatic rings. The molecule has 0 saturated carbocycles. The molecule has 0 radical (unpaired) electrons. The molecule has 21 heavy (non-hydrogen) atoms. The molecular formula is C15H26N4O2. The molecule has 1 N–H and O–H groups in total. The second-order valence-electron chi connectivity index (χ2n) is 6.08.